The topological polar surface area (TPSA) is 123 Å². The number of carbonyl (C=O) groups is 3. The lowest BCUT2D eigenvalue weighted by Crippen LogP contribution is -2.50. The zero-order valence-corrected chi connectivity index (χ0v) is 21.4. The van der Waals surface area contributed by atoms with Gasteiger partial charge in [0.25, 0.3) is 11.8 Å². The van der Waals surface area contributed by atoms with E-state index >= 15 is 0 Å². The molecule has 6 rings (SSSR count). The van der Waals surface area contributed by atoms with Gasteiger partial charge < -0.3 is 21.1 Å². The van der Waals surface area contributed by atoms with Gasteiger partial charge in [0, 0.05) is 29.5 Å². The van der Waals surface area contributed by atoms with Gasteiger partial charge in [-0.3, -0.25) is 14.5 Å². The van der Waals surface area contributed by atoms with Crippen LogP contribution >= 0.6 is 0 Å². The van der Waals surface area contributed by atoms with Crippen molar-refractivity contribution >= 4 is 29.2 Å². The van der Waals surface area contributed by atoms with E-state index in [-0.39, 0.29) is 23.4 Å². The highest BCUT2D eigenvalue weighted by Crippen LogP contribution is 2.35. The molecule has 12 heteroatoms. The van der Waals surface area contributed by atoms with Crippen LogP contribution < -0.4 is 20.9 Å². The molecule has 3 aliphatic rings. The molecular weight excluding hydrogens is 539 g/mol. The van der Waals surface area contributed by atoms with Crippen molar-refractivity contribution in [2.45, 2.75) is 37.0 Å². The monoisotopic (exact) mass is 563 g/mol. The Bertz CT molecular complexity index is 1590. The van der Waals surface area contributed by atoms with Gasteiger partial charge >= 0.3 is 12.2 Å². The van der Waals surface area contributed by atoms with Crippen molar-refractivity contribution < 1.29 is 32.7 Å². The number of carbonyl (C=O) groups excluding carboxylic acids is 3. The van der Waals surface area contributed by atoms with Gasteiger partial charge in [-0.05, 0) is 29.3 Å². The van der Waals surface area contributed by atoms with Crippen LogP contribution in [0.2, 0.25) is 0 Å². The third-order valence-corrected chi connectivity index (χ3v) is 7.49. The molecule has 3 atom stereocenters. The summed E-state index contributed by atoms with van der Waals surface area (Å²) in [5.41, 5.74) is 1.93. The molecule has 1 fully saturated rings. The summed E-state index contributed by atoms with van der Waals surface area (Å²) in [7, 11) is 0. The molecule has 3 aromatic rings. The standard InChI is InChI=1S/C29H24F3N5O4/c30-29(31,32)15-37-21-9-5-4-8-20(21)22(16-6-2-1-3-7-16)33-23(25(37)39)34-24(38)17-10-11-18-13-28(14-19(18)12-17)26(40)35-27(41)36-28/h1-12,23,26,40H,13-15H2,(H,34,38)(H2,35,36,41)/t23-,26?,28?/m0/s1. The zero-order chi connectivity index (χ0) is 28.9. The predicted octanol–water partition coefficient (Wildman–Crippen LogP) is 2.66. The first kappa shape index (κ1) is 26.5. The number of nitrogens with one attached hydrogen (secondary N) is 3. The quantitative estimate of drug-likeness (QED) is 0.390. The van der Waals surface area contributed by atoms with Crippen LogP contribution in [0, 0.1) is 0 Å². The maximum atomic E-state index is 13.7. The number of halogens is 3. The second-order valence-electron chi connectivity index (χ2n) is 10.3. The van der Waals surface area contributed by atoms with E-state index < -0.39 is 48.5 Å². The molecule has 1 saturated heterocycles. The molecule has 0 bridgehead atoms. The SMILES string of the molecule is O=C1NC(O)C2(Cc3ccc(C(=O)N[C@@H]4N=C(c5ccccc5)c5ccccc5N(CC(F)(F)F)C4=O)cc3C2)N1. The lowest BCUT2D eigenvalue weighted by atomic mass is 9.95. The van der Waals surface area contributed by atoms with Gasteiger partial charge in [0.15, 0.2) is 6.23 Å². The van der Waals surface area contributed by atoms with Crippen molar-refractivity contribution in [2.75, 3.05) is 11.4 Å². The number of urea groups is 1. The van der Waals surface area contributed by atoms with Crippen molar-refractivity contribution in [3.63, 3.8) is 0 Å². The van der Waals surface area contributed by atoms with E-state index in [9.17, 15) is 32.7 Å². The number of aliphatic hydroxyl groups excluding tert-OH is 1. The van der Waals surface area contributed by atoms with Crippen LogP contribution in [0.25, 0.3) is 0 Å². The number of nitrogens with zero attached hydrogens (tertiary/aromatic N) is 2. The highest BCUT2D eigenvalue weighted by molar-refractivity contribution is 6.20. The van der Waals surface area contributed by atoms with Crippen LogP contribution in [0.1, 0.15) is 32.6 Å². The molecule has 210 valence electrons. The molecule has 9 nitrogen and oxygen atoms in total. The van der Waals surface area contributed by atoms with E-state index in [0.29, 0.717) is 28.0 Å². The summed E-state index contributed by atoms with van der Waals surface area (Å²) >= 11 is 0. The zero-order valence-electron chi connectivity index (χ0n) is 21.4. The number of para-hydroxylation sites is 1. The van der Waals surface area contributed by atoms with Gasteiger partial charge in [-0.15, -0.1) is 0 Å². The molecule has 2 unspecified atom stereocenters. The van der Waals surface area contributed by atoms with Crippen molar-refractivity contribution in [3.8, 4) is 0 Å². The normalized spacial score (nSPS) is 23.3. The molecule has 0 saturated carbocycles. The third kappa shape index (κ3) is 4.91. The number of aliphatic imine (C=N–C) groups is 1. The number of hydrogen-bond acceptors (Lipinski definition) is 5. The average Bonchev–Trinajstić information content (AvgIpc) is 3.41. The molecule has 0 aromatic heterocycles. The van der Waals surface area contributed by atoms with Crippen molar-refractivity contribution in [1.82, 2.24) is 16.0 Å². The van der Waals surface area contributed by atoms with Crippen LogP contribution in [-0.2, 0) is 17.6 Å². The van der Waals surface area contributed by atoms with E-state index in [2.05, 4.69) is 20.9 Å². The minimum absolute atomic E-state index is 0.0304. The molecule has 2 heterocycles. The van der Waals surface area contributed by atoms with Crippen molar-refractivity contribution in [1.29, 1.82) is 0 Å². The number of rotatable bonds is 4. The fraction of sp³-hybridized carbons (Fsp3) is 0.241. The Morgan fingerprint density at radius 2 is 1.73 bits per heavy atom. The van der Waals surface area contributed by atoms with E-state index in [1.165, 1.54) is 18.2 Å². The fourth-order valence-corrected chi connectivity index (χ4v) is 5.62. The second kappa shape index (κ2) is 9.73. The average molecular weight is 564 g/mol. The maximum Gasteiger partial charge on any atom is 0.406 e. The number of alkyl halides is 3. The number of anilines is 1. The third-order valence-electron chi connectivity index (χ3n) is 7.49. The Morgan fingerprint density at radius 1 is 1.02 bits per heavy atom. The molecule has 0 radical (unpaired) electrons. The number of aliphatic hydroxyl groups is 1. The Labute approximate surface area is 232 Å². The fourth-order valence-electron chi connectivity index (χ4n) is 5.62. The minimum Gasteiger partial charge on any atom is -0.371 e. The minimum atomic E-state index is -4.71. The summed E-state index contributed by atoms with van der Waals surface area (Å²) in [4.78, 5) is 43.9. The highest BCUT2D eigenvalue weighted by Gasteiger charge is 2.49. The molecule has 41 heavy (non-hydrogen) atoms. The van der Waals surface area contributed by atoms with E-state index in [4.69, 9.17) is 0 Å². The van der Waals surface area contributed by atoms with E-state index in [0.717, 1.165) is 5.56 Å². The Morgan fingerprint density at radius 3 is 2.44 bits per heavy atom. The Hall–Kier alpha value is -4.71. The molecule has 1 spiro atoms. The predicted molar refractivity (Wildman–Crippen MR) is 142 cm³/mol. The van der Waals surface area contributed by atoms with Gasteiger partial charge in [-0.2, -0.15) is 13.2 Å². The van der Waals surface area contributed by atoms with E-state index in [1.54, 1.807) is 54.6 Å². The number of benzene rings is 3. The van der Waals surface area contributed by atoms with Crippen molar-refractivity contribution in [3.05, 3.63) is 101 Å². The largest absolute Gasteiger partial charge is 0.406 e. The maximum absolute atomic E-state index is 13.7. The number of hydrogen-bond donors (Lipinski definition) is 4. The lowest BCUT2D eigenvalue weighted by molar-refractivity contribution is -0.133. The van der Waals surface area contributed by atoms with Gasteiger partial charge in [0.05, 0.1) is 16.9 Å². The van der Waals surface area contributed by atoms with Crippen LogP contribution in [-0.4, -0.2) is 59.3 Å². The van der Waals surface area contributed by atoms with Gasteiger partial charge in [0.2, 0.25) is 6.17 Å². The van der Waals surface area contributed by atoms with Gasteiger partial charge in [0.1, 0.15) is 6.54 Å². The number of benzodiazepines with no additional fused rings is 1. The molecule has 1 aliphatic carbocycles. The Balaban J connectivity index is 1.35. The van der Waals surface area contributed by atoms with Gasteiger partial charge in [-0.25, -0.2) is 9.79 Å². The molecule has 4 N–H and O–H groups in total. The smallest absolute Gasteiger partial charge is 0.371 e. The van der Waals surface area contributed by atoms with E-state index in [1.807, 2.05) is 0 Å². The molecule has 2 aliphatic heterocycles. The Kier molecular flexibility index (Phi) is 6.29. The summed E-state index contributed by atoms with van der Waals surface area (Å²) < 4.78 is 41.0. The van der Waals surface area contributed by atoms with Crippen LogP contribution in [0.5, 0.6) is 0 Å². The molecule has 3 aromatic carbocycles. The van der Waals surface area contributed by atoms with Crippen LogP contribution in [0.4, 0.5) is 23.7 Å². The summed E-state index contributed by atoms with van der Waals surface area (Å²) in [6, 6.07) is 19.2. The molecular formula is C29H24F3N5O4. The molecule has 4 amide bonds. The first-order valence-corrected chi connectivity index (χ1v) is 12.8. The summed E-state index contributed by atoms with van der Waals surface area (Å²) in [6.45, 7) is -1.56. The van der Waals surface area contributed by atoms with Crippen LogP contribution in [0.15, 0.2) is 77.8 Å². The summed E-state index contributed by atoms with van der Waals surface area (Å²) in [6.07, 6.45) is -6.86. The van der Waals surface area contributed by atoms with Crippen molar-refractivity contribution in [2.24, 2.45) is 4.99 Å². The number of fused-ring (bicyclic) bond motifs is 2. The summed E-state index contributed by atoms with van der Waals surface area (Å²) in [5.74, 6) is -1.74. The first-order chi connectivity index (χ1) is 19.5. The van der Waals surface area contributed by atoms with Gasteiger partial charge in [-0.1, -0.05) is 54.6 Å². The highest BCUT2D eigenvalue weighted by atomic mass is 19.4. The summed E-state index contributed by atoms with van der Waals surface area (Å²) in [5, 5.41) is 18.1. The lowest BCUT2D eigenvalue weighted by Gasteiger charge is -2.26. The second-order valence-corrected chi connectivity index (χ2v) is 10.3. The van der Waals surface area contributed by atoms with Crippen LogP contribution in [0.3, 0.4) is 0 Å². The first-order valence-electron chi connectivity index (χ1n) is 12.8. The number of amides is 4.